The minimum atomic E-state index is 0.443. The van der Waals surface area contributed by atoms with E-state index in [9.17, 15) is 0 Å². The van der Waals surface area contributed by atoms with E-state index in [0.717, 1.165) is 13.1 Å². The van der Waals surface area contributed by atoms with Gasteiger partial charge in [0.1, 0.15) is 0 Å². The molecule has 2 nitrogen and oxygen atoms in total. The molecule has 1 radical (unpaired) electrons. The van der Waals surface area contributed by atoms with Crippen LogP contribution in [0.1, 0.15) is 13.3 Å². The lowest BCUT2D eigenvalue weighted by molar-refractivity contribution is 0.456. The molecule has 1 aliphatic rings. The van der Waals surface area contributed by atoms with Crippen molar-refractivity contribution in [2.75, 3.05) is 24.6 Å². The summed E-state index contributed by atoms with van der Waals surface area (Å²) in [6.45, 7) is 4.32. The van der Waals surface area contributed by atoms with Crippen LogP contribution in [0, 0.1) is 0 Å². The maximum Gasteiger partial charge on any atom is 0.0827 e. The van der Waals surface area contributed by atoms with Crippen LogP contribution in [0.4, 0.5) is 0 Å². The Hall–Kier alpha value is 0.270. The average Bonchev–Trinajstić information content (AvgIpc) is 2.03. The van der Waals surface area contributed by atoms with Crippen molar-refractivity contribution >= 4 is 11.8 Å². The number of hydrogen-bond donors (Lipinski definition) is 1. The van der Waals surface area contributed by atoms with E-state index in [-0.39, 0.29) is 0 Å². The Bertz CT molecular complexity index is 81.7. The van der Waals surface area contributed by atoms with Crippen LogP contribution < -0.4 is 10.6 Å². The third-order valence-corrected chi connectivity index (χ3v) is 2.51. The highest BCUT2D eigenvalue weighted by molar-refractivity contribution is 7.99. The largest absolute Gasteiger partial charge is 0.300 e. The van der Waals surface area contributed by atoms with Crippen molar-refractivity contribution in [1.82, 2.24) is 10.6 Å². The predicted octanol–water partition coefficient (Wildman–Crippen LogP) is 0.663. The number of thioether (sulfide) groups is 1. The summed E-state index contributed by atoms with van der Waals surface area (Å²) < 4.78 is 0. The molecule has 1 unspecified atom stereocenters. The summed E-state index contributed by atoms with van der Waals surface area (Å²) in [5, 5.41) is 7.82. The summed E-state index contributed by atoms with van der Waals surface area (Å²) >= 11 is 2.00. The molecule has 0 amide bonds. The fourth-order valence-electron chi connectivity index (χ4n) is 0.955. The molecule has 1 N–H and O–H groups in total. The van der Waals surface area contributed by atoms with Gasteiger partial charge < -0.3 is 5.32 Å². The fourth-order valence-corrected chi connectivity index (χ4v) is 1.80. The zero-order chi connectivity index (χ0) is 7.23. The summed E-state index contributed by atoms with van der Waals surface area (Å²) in [5.74, 6) is 2.38. The van der Waals surface area contributed by atoms with Gasteiger partial charge in [0.2, 0.25) is 0 Å². The van der Waals surface area contributed by atoms with Gasteiger partial charge in [-0.3, -0.25) is 0 Å². The second kappa shape index (κ2) is 4.99. The molecule has 59 valence electrons. The fraction of sp³-hybridized carbons (Fsp3) is 1.00. The van der Waals surface area contributed by atoms with Gasteiger partial charge in [0, 0.05) is 18.1 Å². The Morgan fingerprint density at radius 3 is 3.20 bits per heavy atom. The molecule has 1 rings (SSSR count). The van der Waals surface area contributed by atoms with Crippen molar-refractivity contribution in [3.8, 4) is 0 Å². The van der Waals surface area contributed by atoms with Crippen LogP contribution in [0.15, 0.2) is 0 Å². The zero-order valence-electron chi connectivity index (χ0n) is 6.47. The van der Waals surface area contributed by atoms with Gasteiger partial charge in [-0.1, -0.05) is 6.92 Å². The highest BCUT2D eigenvalue weighted by Gasteiger charge is 2.11. The lowest BCUT2D eigenvalue weighted by atomic mass is 10.4. The molecule has 10 heavy (non-hydrogen) atoms. The molecule has 1 fully saturated rings. The number of hydrogen-bond acceptors (Lipinski definition) is 2. The predicted molar refractivity (Wildman–Crippen MR) is 46.4 cm³/mol. The van der Waals surface area contributed by atoms with E-state index in [1.807, 2.05) is 11.8 Å². The Kier molecular flexibility index (Phi) is 4.18. The topological polar surface area (TPSA) is 26.1 Å². The maximum atomic E-state index is 4.44. The second-order valence-corrected chi connectivity index (χ2v) is 3.60. The van der Waals surface area contributed by atoms with Gasteiger partial charge in [0.05, 0.1) is 6.17 Å². The van der Waals surface area contributed by atoms with Gasteiger partial charge in [-0.15, -0.1) is 0 Å². The van der Waals surface area contributed by atoms with E-state index < -0.39 is 0 Å². The zero-order valence-corrected chi connectivity index (χ0v) is 7.28. The Labute approximate surface area is 67.1 Å². The maximum absolute atomic E-state index is 4.44. The van der Waals surface area contributed by atoms with E-state index in [2.05, 4.69) is 17.6 Å². The Morgan fingerprint density at radius 2 is 2.60 bits per heavy atom. The summed E-state index contributed by atoms with van der Waals surface area (Å²) in [5.41, 5.74) is 0. The summed E-state index contributed by atoms with van der Waals surface area (Å²) in [7, 11) is 0. The van der Waals surface area contributed by atoms with Crippen LogP contribution in [-0.4, -0.2) is 30.8 Å². The van der Waals surface area contributed by atoms with Gasteiger partial charge >= 0.3 is 0 Å². The molecule has 1 aliphatic heterocycles. The second-order valence-electron chi connectivity index (χ2n) is 2.45. The third kappa shape index (κ3) is 2.90. The molecule has 0 bridgehead atoms. The van der Waals surface area contributed by atoms with Crippen molar-refractivity contribution in [3.05, 3.63) is 0 Å². The molecule has 0 aromatic rings. The highest BCUT2D eigenvalue weighted by Crippen LogP contribution is 2.06. The van der Waals surface area contributed by atoms with E-state index in [4.69, 9.17) is 0 Å². The molecule has 0 spiro atoms. The van der Waals surface area contributed by atoms with Gasteiger partial charge in [-0.2, -0.15) is 11.8 Å². The molecule has 0 aliphatic carbocycles. The minimum Gasteiger partial charge on any atom is -0.300 e. The molecule has 1 heterocycles. The number of nitrogens with one attached hydrogen (secondary N) is 1. The Morgan fingerprint density at radius 1 is 1.70 bits per heavy atom. The lowest BCUT2D eigenvalue weighted by Gasteiger charge is -2.21. The van der Waals surface area contributed by atoms with Crippen molar-refractivity contribution in [1.29, 1.82) is 0 Å². The van der Waals surface area contributed by atoms with Crippen molar-refractivity contribution < 1.29 is 0 Å². The summed E-state index contributed by atoms with van der Waals surface area (Å²) in [6.07, 6.45) is 1.65. The highest BCUT2D eigenvalue weighted by atomic mass is 32.2. The normalized spacial score (nSPS) is 26.7. The quantitative estimate of drug-likeness (QED) is 0.655. The average molecular weight is 159 g/mol. The molecule has 0 aromatic heterocycles. The lowest BCUT2D eigenvalue weighted by Crippen LogP contribution is -2.43. The molecule has 3 heteroatoms. The first-order valence-corrected chi connectivity index (χ1v) is 5.06. The monoisotopic (exact) mass is 159 g/mol. The van der Waals surface area contributed by atoms with Gasteiger partial charge in [0.25, 0.3) is 0 Å². The first kappa shape index (κ1) is 8.37. The summed E-state index contributed by atoms with van der Waals surface area (Å²) in [6, 6.07) is 0. The standard InChI is InChI=1S/C7H15N2S/c1-2-3-8-7-6-10-5-4-9-7/h7-8H,2-6H2,1H3. The van der Waals surface area contributed by atoms with Crippen LogP contribution >= 0.6 is 11.8 Å². The Balaban J connectivity index is 2.02. The molecule has 1 saturated heterocycles. The molecule has 1 atom stereocenters. The van der Waals surface area contributed by atoms with Gasteiger partial charge in [-0.25, -0.2) is 5.32 Å². The number of rotatable bonds is 3. The van der Waals surface area contributed by atoms with E-state index in [1.54, 1.807) is 0 Å². The van der Waals surface area contributed by atoms with Gasteiger partial charge in [-0.05, 0) is 13.0 Å². The molecule has 0 saturated carbocycles. The summed E-state index contributed by atoms with van der Waals surface area (Å²) in [4.78, 5) is 0. The first-order valence-electron chi connectivity index (χ1n) is 3.91. The van der Waals surface area contributed by atoms with Crippen molar-refractivity contribution in [3.63, 3.8) is 0 Å². The van der Waals surface area contributed by atoms with Crippen LogP contribution in [0.5, 0.6) is 0 Å². The molecular formula is C7H15N2S. The number of nitrogens with zero attached hydrogens (tertiary/aromatic N) is 1. The molecular weight excluding hydrogens is 144 g/mol. The molecule has 0 aromatic carbocycles. The van der Waals surface area contributed by atoms with Crippen LogP contribution in [0.3, 0.4) is 0 Å². The van der Waals surface area contributed by atoms with E-state index >= 15 is 0 Å². The van der Waals surface area contributed by atoms with E-state index in [0.29, 0.717) is 6.17 Å². The smallest absolute Gasteiger partial charge is 0.0827 e. The van der Waals surface area contributed by atoms with Crippen LogP contribution in [-0.2, 0) is 0 Å². The minimum absolute atomic E-state index is 0.443. The van der Waals surface area contributed by atoms with Crippen LogP contribution in [0.2, 0.25) is 0 Å². The van der Waals surface area contributed by atoms with E-state index in [1.165, 1.54) is 17.9 Å². The third-order valence-electron chi connectivity index (χ3n) is 1.49. The first-order chi connectivity index (χ1) is 4.93. The van der Waals surface area contributed by atoms with Gasteiger partial charge in [0.15, 0.2) is 0 Å². The SMILES string of the molecule is CCCNC1CSCC[N]1. The van der Waals surface area contributed by atoms with Crippen molar-refractivity contribution in [2.45, 2.75) is 19.5 Å². The van der Waals surface area contributed by atoms with Crippen molar-refractivity contribution in [2.24, 2.45) is 0 Å². The van der Waals surface area contributed by atoms with Crippen LogP contribution in [0.25, 0.3) is 0 Å².